The number of halogens is 4. The normalized spacial score (nSPS) is 10.6. The van der Waals surface area contributed by atoms with E-state index < -0.39 is 34.9 Å². The summed E-state index contributed by atoms with van der Waals surface area (Å²) in [7, 11) is 0. The molecular weight excluding hydrogens is 428 g/mol. The molecule has 3 aromatic rings. The number of amides is 1. The molecule has 168 valence electrons. The molecule has 9 heteroatoms. The van der Waals surface area contributed by atoms with Gasteiger partial charge < -0.3 is 15.8 Å². The van der Waals surface area contributed by atoms with E-state index in [1.165, 1.54) is 12.1 Å². The number of nitrogens with two attached hydrogens (primary N) is 1. The highest BCUT2D eigenvalue weighted by Gasteiger charge is 2.36. The predicted molar refractivity (Wildman–Crippen MR) is 111 cm³/mol. The summed E-state index contributed by atoms with van der Waals surface area (Å²) in [5.74, 6) is -2.79. The van der Waals surface area contributed by atoms with Gasteiger partial charge in [-0.3, -0.25) is 9.59 Å². The van der Waals surface area contributed by atoms with E-state index in [4.69, 9.17) is 5.73 Å². The van der Waals surface area contributed by atoms with Gasteiger partial charge in [0.1, 0.15) is 5.82 Å². The quantitative estimate of drug-likeness (QED) is 0.328. The highest BCUT2D eigenvalue weighted by molar-refractivity contribution is 6.06. The van der Waals surface area contributed by atoms with Crippen molar-refractivity contribution in [3.63, 3.8) is 0 Å². The second-order valence-electron chi connectivity index (χ2n) is 6.42. The number of rotatable bonds is 4. The number of alkyl halides is 3. The monoisotopic (exact) mass is 448 g/mol. The van der Waals surface area contributed by atoms with Gasteiger partial charge in [-0.05, 0) is 42.0 Å². The summed E-state index contributed by atoms with van der Waals surface area (Å²) in [5, 5.41) is 2.46. The second kappa shape index (κ2) is 11.1. The van der Waals surface area contributed by atoms with Gasteiger partial charge in [-0.25, -0.2) is 4.39 Å². The first-order valence-corrected chi connectivity index (χ1v) is 9.31. The Labute approximate surface area is 181 Å². The third-order valence-electron chi connectivity index (χ3n) is 3.99. The van der Waals surface area contributed by atoms with Crippen LogP contribution < -0.4 is 15.8 Å². The Morgan fingerprint density at radius 3 is 2.03 bits per heavy atom. The van der Waals surface area contributed by atoms with Gasteiger partial charge in [0.2, 0.25) is 0 Å². The maximum absolute atomic E-state index is 13.1. The molecule has 3 rings (SSSR count). The van der Waals surface area contributed by atoms with Crippen LogP contribution in [0.5, 0.6) is 5.75 Å². The molecule has 0 unspecified atom stereocenters. The van der Waals surface area contributed by atoms with Crippen LogP contribution in [0.1, 0.15) is 28.4 Å². The van der Waals surface area contributed by atoms with E-state index in [2.05, 4.69) is 10.1 Å². The molecule has 3 aromatic carbocycles. The topological polar surface area (TPSA) is 81.4 Å². The van der Waals surface area contributed by atoms with Crippen LogP contribution in [0, 0.1) is 5.82 Å². The number of nitrogens with one attached hydrogen (secondary N) is 1. The van der Waals surface area contributed by atoms with Gasteiger partial charge >= 0.3 is 12.1 Å². The number of para-hydroxylation sites is 1. The number of esters is 1. The first-order chi connectivity index (χ1) is 15.1. The van der Waals surface area contributed by atoms with Crippen LogP contribution in [0.3, 0.4) is 0 Å². The van der Waals surface area contributed by atoms with Crippen LogP contribution in [0.2, 0.25) is 0 Å². The molecule has 0 fully saturated rings. The van der Waals surface area contributed by atoms with Crippen LogP contribution in [0.25, 0.3) is 0 Å². The van der Waals surface area contributed by atoms with Crippen LogP contribution in [0.15, 0.2) is 72.8 Å². The maximum atomic E-state index is 13.1. The average Bonchev–Trinajstić information content (AvgIpc) is 2.74. The van der Waals surface area contributed by atoms with Gasteiger partial charge in [0, 0.05) is 19.2 Å². The van der Waals surface area contributed by atoms with Crippen molar-refractivity contribution in [3.05, 3.63) is 95.3 Å². The summed E-state index contributed by atoms with van der Waals surface area (Å²) >= 11 is 0. The van der Waals surface area contributed by atoms with Gasteiger partial charge in [0.05, 0.1) is 11.1 Å². The molecule has 32 heavy (non-hydrogen) atoms. The molecular formula is C23H20F4N2O3. The van der Waals surface area contributed by atoms with Gasteiger partial charge in [0.15, 0.2) is 5.75 Å². The molecule has 0 radical (unpaired) electrons. The molecule has 3 N–H and O–H groups in total. The fourth-order valence-corrected chi connectivity index (χ4v) is 2.53. The summed E-state index contributed by atoms with van der Waals surface area (Å²) in [6, 6.07) is 17.4. The van der Waals surface area contributed by atoms with Crippen LogP contribution in [0.4, 0.5) is 23.2 Å². The minimum Gasteiger partial charge on any atom is -0.425 e. The van der Waals surface area contributed by atoms with Crippen LogP contribution in [-0.4, -0.2) is 11.9 Å². The van der Waals surface area contributed by atoms with E-state index in [1.807, 2.05) is 0 Å². The maximum Gasteiger partial charge on any atom is 0.420 e. The van der Waals surface area contributed by atoms with E-state index in [0.717, 1.165) is 30.7 Å². The molecule has 0 aliphatic heterocycles. The summed E-state index contributed by atoms with van der Waals surface area (Å²) in [4.78, 5) is 23.5. The Morgan fingerprint density at radius 2 is 1.56 bits per heavy atom. The predicted octanol–water partition coefficient (Wildman–Crippen LogP) is 5.17. The average molecular weight is 448 g/mol. The minimum atomic E-state index is -4.77. The number of ether oxygens (including phenoxy) is 1. The van der Waals surface area contributed by atoms with Gasteiger partial charge in [-0.2, -0.15) is 13.2 Å². The molecule has 0 spiro atoms. The lowest BCUT2D eigenvalue weighted by molar-refractivity contribution is -0.141. The Kier molecular flexibility index (Phi) is 8.48. The SMILES string of the molecule is CC(=O)Oc1c(C(=O)Nc2ccc(CN)cc2)cccc1C(F)(F)F.Fc1ccccc1. The molecule has 0 heterocycles. The van der Waals surface area contributed by atoms with E-state index in [9.17, 15) is 27.2 Å². The minimum absolute atomic E-state index is 0.178. The number of carbonyl (C=O) groups is 2. The Hall–Kier alpha value is -3.72. The van der Waals surface area contributed by atoms with Gasteiger partial charge in [-0.15, -0.1) is 0 Å². The third kappa shape index (κ3) is 7.21. The number of carbonyl (C=O) groups excluding carboxylic acids is 2. The summed E-state index contributed by atoms with van der Waals surface area (Å²) in [6.45, 7) is 1.28. The molecule has 0 aromatic heterocycles. The van der Waals surface area contributed by atoms with Crippen molar-refractivity contribution in [2.24, 2.45) is 5.73 Å². The van der Waals surface area contributed by atoms with E-state index in [1.54, 1.807) is 42.5 Å². The molecule has 0 aliphatic carbocycles. The standard InChI is InChI=1S/C17H15F3N2O3.C6H5F/c1-10(23)25-15-13(3-2-4-14(15)17(18,19)20)16(24)22-12-7-5-11(9-21)6-8-12;7-6-4-2-1-3-5-6/h2-8H,9,21H2,1H3,(H,22,24);1-5H. The number of hydrogen-bond donors (Lipinski definition) is 2. The smallest absolute Gasteiger partial charge is 0.420 e. The lowest BCUT2D eigenvalue weighted by Gasteiger charge is -2.15. The fourth-order valence-electron chi connectivity index (χ4n) is 2.53. The highest BCUT2D eigenvalue weighted by Crippen LogP contribution is 2.38. The Bertz CT molecular complexity index is 1050. The van der Waals surface area contributed by atoms with Crippen molar-refractivity contribution in [3.8, 4) is 5.75 Å². The summed E-state index contributed by atoms with van der Waals surface area (Å²) in [6.07, 6.45) is -4.77. The zero-order chi connectivity index (χ0) is 23.7. The fraction of sp³-hybridized carbons (Fsp3) is 0.130. The molecule has 0 saturated heterocycles. The Balaban J connectivity index is 0.000000439. The summed E-state index contributed by atoms with van der Waals surface area (Å²) in [5.41, 5.74) is 5.08. The van der Waals surface area contributed by atoms with Crippen molar-refractivity contribution in [1.82, 2.24) is 0 Å². The first kappa shape index (κ1) is 24.5. The third-order valence-corrected chi connectivity index (χ3v) is 3.99. The lowest BCUT2D eigenvalue weighted by Crippen LogP contribution is -2.18. The van der Waals surface area contributed by atoms with Crippen molar-refractivity contribution < 1.29 is 31.9 Å². The highest BCUT2D eigenvalue weighted by atomic mass is 19.4. The zero-order valence-corrected chi connectivity index (χ0v) is 16.9. The number of anilines is 1. The van der Waals surface area contributed by atoms with Crippen LogP contribution in [-0.2, 0) is 17.5 Å². The zero-order valence-electron chi connectivity index (χ0n) is 16.9. The lowest BCUT2D eigenvalue weighted by atomic mass is 10.1. The summed E-state index contributed by atoms with van der Waals surface area (Å²) < 4.78 is 55.9. The molecule has 0 bridgehead atoms. The van der Waals surface area contributed by atoms with Crippen LogP contribution >= 0.6 is 0 Å². The van der Waals surface area contributed by atoms with Crippen molar-refractivity contribution >= 4 is 17.6 Å². The van der Waals surface area contributed by atoms with Crippen molar-refractivity contribution in [2.75, 3.05) is 5.32 Å². The molecule has 0 aliphatic rings. The van der Waals surface area contributed by atoms with E-state index in [0.29, 0.717) is 12.2 Å². The van der Waals surface area contributed by atoms with Crippen molar-refractivity contribution in [2.45, 2.75) is 19.6 Å². The van der Waals surface area contributed by atoms with Crippen molar-refractivity contribution in [1.29, 1.82) is 0 Å². The van der Waals surface area contributed by atoms with Gasteiger partial charge in [0.25, 0.3) is 5.91 Å². The van der Waals surface area contributed by atoms with Gasteiger partial charge in [-0.1, -0.05) is 36.4 Å². The van der Waals surface area contributed by atoms with E-state index in [-0.39, 0.29) is 5.82 Å². The molecule has 0 saturated carbocycles. The molecule has 5 nitrogen and oxygen atoms in total. The number of hydrogen-bond acceptors (Lipinski definition) is 4. The first-order valence-electron chi connectivity index (χ1n) is 9.31. The Morgan fingerprint density at radius 1 is 0.938 bits per heavy atom. The molecule has 1 amide bonds. The largest absolute Gasteiger partial charge is 0.425 e. The second-order valence-corrected chi connectivity index (χ2v) is 6.42. The van der Waals surface area contributed by atoms with E-state index >= 15 is 0 Å². The molecule has 0 atom stereocenters. The number of benzene rings is 3.